The number of nitrogens with one attached hydrogen (secondary N) is 2. The summed E-state index contributed by atoms with van der Waals surface area (Å²) in [6, 6.07) is 7.31. The highest BCUT2D eigenvalue weighted by Crippen LogP contribution is 2.18. The van der Waals surface area contributed by atoms with Crippen molar-refractivity contribution in [1.82, 2.24) is 10.2 Å². The first kappa shape index (κ1) is 15.8. The molecule has 5 nitrogen and oxygen atoms in total. The molecule has 2 fully saturated rings. The highest BCUT2D eigenvalue weighted by atomic mass is 16.2. The van der Waals surface area contributed by atoms with Crippen LogP contribution >= 0.6 is 0 Å². The van der Waals surface area contributed by atoms with Crippen LogP contribution in [-0.2, 0) is 0 Å². The summed E-state index contributed by atoms with van der Waals surface area (Å²) in [5.41, 5.74) is 1.31. The summed E-state index contributed by atoms with van der Waals surface area (Å²) in [5, 5.41) is 5.88. The first-order valence-corrected chi connectivity index (χ1v) is 8.69. The number of nitrogens with zero attached hydrogens (tertiary/aromatic N) is 1. The second kappa shape index (κ2) is 7.49. The molecule has 23 heavy (non-hydrogen) atoms. The van der Waals surface area contributed by atoms with Gasteiger partial charge in [-0.05, 0) is 43.9 Å². The minimum Gasteiger partial charge on any atom is -0.339 e. The average molecular weight is 315 g/mol. The Morgan fingerprint density at radius 3 is 2.48 bits per heavy atom. The van der Waals surface area contributed by atoms with Gasteiger partial charge < -0.3 is 15.5 Å². The molecule has 0 atom stereocenters. The first-order valence-electron chi connectivity index (χ1n) is 8.69. The maximum Gasteiger partial charge on any atom is 0.319 e. The molecule has 1 aliphatic carbocycles. The number of carbonyl (C=O) groups excluding carboxylic acids is 2. The smallest absolute Gasteiger partial charge is 0.319 e. The molecule has 1 saturated heterocycles. The minimum atomic E-state index is -0.178. The van der Waals surface area contributed by atoms with E-state index in [0.29, 0.717) is 11.3 Å². The van der Waals surface area contributed by atoms with Crippen LogP contribution in [0.5, 0.6) is 0 Å². The third-order valence-corrected chi connectivity index (χ3v) is 4.70. The zero-order chi connectivity index (χ0) is 16.1. The predicted octanol–water partition coefficient (Wildman–Crippen LogP) is 3.38. The molecule has 3 rings (SSSR count). The normalized spacial score (nSPS) is 18.7. The van der Waals surface area contributed by atoms with Gasteiger partial charge in [-0.15, -0.1) is 0 Å². The van der Waals surface area contributed by atoms with E-state index < -0.39 is 0 Å². The van der Waals surface area contributed by atoms with E-state index in [0.717, 1.165) is 38.8 Å². The van der Waals surface area contributed by atoms with E-state index in [1.54, 1.807) is 6.07 Å². The molecule has 0 aromatic heterocycles. The number of rotatable bonds is 3. The summed E-state index contributed by atoms with van der Waals surface area (Å²) in [7, 11) is 0. The van der Waals surface area contributed by atoms with Gasteiger partial charge in [-0.3, -0.25) is 4.79 Å². The Balaban J connectivity index is 1.58. The molecule has 1 aliphatic heterocycles. The van der Waals surface area contributed by atoms with Crippen LogP contribution in [0, 0.1) is 0 Å². The van der Waals surface area contributed by atoms with E-state index >= 15 is 0 Å². The van der Waals surface area contributed by atoms with Crippen molar-refractivity contribution in [2.45, 2.75) is 51.0 Å². The maximum atomic E-state index is 12.4. The molecule has 2 aliphatic rings. The molecule has 0 unspecified atom stereocenters. The van der Waals surface area contributed by atoms with E-state index in [1.165, 1.54) is 19.3 Å². The number of benzene rings is 1. The summed E-state index contributed by atoms with van der Waals surface area (Å²) in [5.74, 6) is 0.0545. The molecule has 1 aromatic rings. The van der Waals surface area contributed by atoms with Crippen molar-refractivity contribution in [2.24, 2.45) is 0 Å². The molecule has 0 radical (unpaired) electrons. The summed E-state index contributed by atoms with van der Waals surface area (Å²) < 4.78 is 0. The second-order valence-electron chi connectivity index (χ2n) is 6.51. The lowest BCUT2D eigenvalue weighted by Gasteiger charge is -2.23. The van der Waals surface area contributed by atoms with Gasteiger partial charge in [-0.1, -0.05) is 25.3 Å². The van der Waals surface area contributed by atoms with Crippen LogP contribution in [0.4, 0.5) is 10.5 Å². The molecule has 1 saturated carbocycles. The lowest BCUT2D eigenvalue weighted by molar-refractivity contribution is 0.0793. The third kappa shape index (κ3) is 4.24. The van der Waals surface area contributed by atoms with E-state index in [9.17, 15) is 9.59 Å². The molecule has 124 valence electrons. The number of hydrogen-bond donors (Lipinski definition) is 2. The molecular weight excluding hydrogens is 290 g/mol. The van der Waals surface area contributed by atoms with Gasteiger partial charge in [-0.2, -0.15) is 0 Å². The molecule has 2 N–H and O–H groups in total. The van der Waals surface area contributed by atoms with Crippen LogP contribution in [0.3, 0.4) is 0 Å². The van der Waals surface area contributed by atoms with Gasteiger partial charge in [0.15, 0.2) is 0 Å². The number of carbonyl (C=O) groups is 2. The highest BCUT2D eigenvalue weighted by Gasteiger charge is 2.20. The number of hydrogen-bond acceptors (Lipinski definition) is 2. The van der Waals surface area contributed by atoms with Gasteiger partial charge in [0, 0.05) is 30.4 Å². The molecule has 1 aromatic carbocycles. The number of amides is 3. The second-order valence-corrected chi connectivity index (χ2v) is 6.51. The quantitative estimate of drug-likeness (QED) is 0.898. The summed E-state index contributed by atoms with van der Waals surface area (Å²) >= 11 is 0. The molecular formula is C18H25N3O2. The maximum absolute atomic E-state index is 12.4. The average Bonchev–Trinajstić information content (AvgIpc) is 3.09. The van der Waals surface area contributed by atoms with Crippen LogP contribution < -0.4 is 10.6 Å². The van der Waals surface area contributed by atoms with Gasteiger partial charge in [0.05, 0.1) is 0 Å². The summed E-state index contributed by atoms with van der Waals surface area (Å²) in [4.78, 5) is 26.4. The topological polar surface area (TPSA) is 61.4 Å². The third-order valence-electron chi connectivity index (χ3n) is 4.70. The Kier molecular flexibility index (Phi) is 5.16. The van der Waals surface area contributed by atoms with E-state index in [1.807, 2.05) is 23.1 Å². The Labute approximate surface area is 137 Å². The lowest BCUT2D eigenvalue weighted by Crippen LogP contribution is -2.39. The number of anilines is 1. The Bertz CT molecular complexity index is 561. The molecule has 0 spiro atoms. The molecule has 1 heterocycles. The molecule has 0 bridgehead atoms. The predicted molar refractivity (Wildman–Crippen MR) is 90.6 cm³/mol. The number of urea groups is 1. The van der Waals surface area contributed by atoms with Crippen LogP contribution in [0.15, 0.2) is 24.3 Å². The molecule has 3 amide bonds. The SMILES string of the molecule is O=C(Nc1cccc(C(=O)N2CCCC2)c1)NC1CCCCC1. The highest BCUT2D eigenvalue weighted by molar-refractivity contribution is 5.97. The first-order chi connectivity index (χ1) is 11.2. The van der Waals surface area contributed by atoms with Crippen molar-refractivity contribution >= 4 is 17.6 Å². The summed E-state index contributed by atoms with van der Waals surface area (Å²) in [6.07, 6.45) is 7.90. The van der Waals surface area contributed by atoms with E-state index in [4.69, 9.17) is 0 Å². The van der Waals surface area contributed by atoms with Gasteiger partial charge in [0.25, 0.3) is 5.91 Å². The van der Waals surface area contributed by atoms with Crippen molar-refractivity contribution in [3.8, 4) is 0 Å². The van der Waals surface area contributed by atoms with Crippen LogP contribution in [-0.4, -0.2) is 36.0 Å². The van der Waals surface area contributed by atoms with Crippen molar-refractivity contribution in [3.05, 3.63) is 29.8 Å². The van der Waals surface area contributed by atoms with Crippen molar-refractivity contribution in [1.29, 1.82) is 0 Å². The van der Waals surface area contributed by atoms with Crippen LogP contribution in [0.2, 0.25) is 0 Å². The van der Waals surface area contributed by atoms with Gasteiger partial charge in [-0.25, -0.2) is 4.79 Å². The fourth-order valence-electron chi connectivity index (χ4n) is 3.43. The largest absolute Gasteiger partial charge is 0.339 e. The van der Waals surface area contributed by atoms with E-state index in [2.05, 4.69) is 10.6 Å². The Hall–Kier alpha value is -2.04. The fourth-order valence-corrected chi connectivity index (χ4v) is 3.43. The molecule has 5 heteroatoms. The Morgan fingerprint density at radius 2 is 1.74 bits per heavy atom. The Morgan fingerprint density at radius 1 is 1.00 bits per heavy atom. The minimum absolute atomic E-state index is 0.0545. The summed E-state index contributed by atoms with van der Waals surface area (Å²) in [6.45, 7) is 1.66. The van der Waals surface area contributed by atoms with E-state index in [-0.39, 0.29) is 18.0 Å². The van der Waals surface area contributed by atoms with Crippen LogP contribution in [0.1, 0.15) is 55.3 Å². The fraction of sp³-hybridized carbons (Fsp3) is 0.556. The van der Waals surface area contributed by atoms with Crippen LogP contribution in [0.25, 0.3) is 0 Å². The van der Waals surface area contributed by atoms with Gasteiger partial charge in [0.2, 0.25) is 0 Å². The standard InChI is InChI=1S/C18H25N3O2/c22-17(21-11-4-5-12-21)14-7-6-10-16(13-14)20-18(23)19-15-8-2-1-3-9-15/h6-7,10,13,15H,1-5,8-9,11-12H2,(H2,19,20,23). The number of likely N-dealkylation sites (tertiary alicyclic amines) is 1. The zero-order valence-corrected chi connectivity index (χ0v) is 13.5. The lowest BCUT2D eigenvalue weighted by atomic mass is 9.96. The van der Waals surface area contributed by atoms with Crippen molar-refractivity contribution < 1.29 is 9.59 Å². The van der Waals surface area contributed by atoms with Gasteiger partial charge in [0.1, 0.15) is 0 Å². The monoisotopic (exact) mass is 315 g/mol. The van der Waals surface area contributed by atoms with Gasteiger partial charge >= 0.3 is 6.03 Å². The van der Waals surface area contributed by atoms with Crippen molar-refractivity contribution in [3.63, 3.8) is 0 Å². The zero-order valence-electron chi connectivity index (χ0n) is 13.5. The van der Waals surface area contributed by atoms with Crippen molar-refractivity contribution in [2.75, 3.05) is 18.4 Å².